The van der Waals surface area contributed by atoms with Crippen LogP contribution in [0, 0.1) is 28.6 Å². The largest absolute Gasteiger partial charge is 0.460 e. The van der Waals surface area contributed by atoms with Gasteiger partial charge in [-0.1, -0.05) is 12.1 Å². The Morgan fingerprint density at radius 2 is 1.87 bits per heavy atom. The molecule has 2 atom stereocenters. The number of rotatable bonds is 3. The molecule has 4 heteroatoms. The van der Waals surface area contributed by atoms with Crippen molar-refractivity contribution in [2.24, 2.45) is 17.3 Å². The van der Waals surface area contributed by atoms with Crippen molar-refractivity contribution in [2.75, 3.05) is 0 Å². The Hall–Kier alpha value is -1.86. The molecule has 2 unspecified atom stereocenters. The fraction of sp³-hybridized carbons (Fsp3) is 0.579. The first-order chi connectivity index (χ1) is 11.0. The van der Waals surface area contributed by atoms with Gasteiger partial charge in [-0.25, -0.2) is 0 Å². The Morgan fingerprint density at radius 1 is 1.22 bits per heavy atom. The maximum atomic E-state index is 12.7. The van der Waals surface area contributed by atoms with Gasteiger partial charge < -0.3 is 9.84 Å². The Morgan fingerprint density at radius 3 is 2.43 bits per heavy atom. The van der Waals surface area contributed by atoms with Crippen LogP contribution in [0.4, 0.5) is 0 Å². The van der Waals surface area contributed by atoms with Crippen molar-refractivity contribution in [2.45, 2.75) is 50.7 Å². The van der Waals surface area contributed by atoms with Crippen molar-refractivity contribution < 1.29 is 14.6 Å². The average molecular weight is 311 g/mol. The smallest absolute Gasteiger partial charge is 0.312 e. The number of benzene rings is 1. The summed E-state index contributed by atoms with van der Waals surface area (Å²) < 4.78 is 5.60. The lowest BCUT2D eigenvalue weighted by molar-refractivity contribution is -0.197. The maximum absolute atomic E-state index is 12.7. The van der Waals surface area contributed by atoms with Gasteiger partial charge in [0, 0.05) is 0 Å². The second-order valence-electron chi connectivity index (χ2n) is 7.85. The second-order valence-corrected chi connectivity index (χ2v) is 7.85. The first kappa shape index (κ1) is 14.7. The summed E-state index contributed by atoms with van der Waals surface area (Å²) in [5.74, 6) is 0.807. The van der Waals surface area contributed by atoms with Crippen LogP contribution in [0.2, 0.25) is 0 Å². The number of carbonyl (C=O) groups excluding carboxylic acids is 1. The first-order valence-corrected chi connectivity index (χ1v) is 8.39. The monoisotopic (exact) mass is 311 g/mol. The molecule has 4 fully saturated rings. The molecule has 0 saturated heterocycles. The molecular weight excluding hydrogens is 290 g/mol. The van der Waals surface area contributed by atoms with Crippen LogP contribution in [0.3, 0.4) is 0 Å². The minimum atomic E-state index is -0.641. The predicted octanol–water partition coefficient (Wildman–Crippen LogP) is 2.93. The number of carbonyl (C=O) groups is 1. The van der Waals surface area contributed by atoms with Gasteiger partial charge in [0.25, 0.3) is 0 Å². The van der Waals surface area contributed by atoms with Gasteiger partial charge in [0.1, 0.15) is 6.61 Å². The van der Waals surface area contributed by atoms with Crippen molar-refractivity contribution in [3.05, 3.63) is 35.4 Å². The van der Waals surface area contributed by atoms with Gasteiger partial charge in [0.2, 0.25) is 0 Å². The standard InChI is InChI=1S/C19H21NO3/c20-10-13-1-3-14(4-2-13)11-23-17(21)18-6-15-5-16(7-18)9-19(22,8-15)12-18/h1-4,15-16,22H,5-9,11-12H2. The zero-order chi connectivity index (χ0) is 16.1. The number of esters is 1. The minimum Gasteiger partial charge on any atom is -0.460 e. The summed E-state index contributed by atoms with van der Waals surface area (Å²) in [7, 11) is 0. The highest BCUT2D eigenvalue weighted by molar-refractivity contribution is 5.77. The molecule has 0 spiro atoms. The molecule has 4 aliphatic rings. The van der Waals surface area contributed by atoms with Crippen LogP contribution in [-0.4, -0.2) is 16.7 Å². The molecule has 4 saturated carbocycles. The quantitative estimate of drug-likeness (QED) is 0.871. The molecule has 0 heterocycles. The van der Waals surface area contributed by atoms with Crippen molar-refractivity contribution >= 4 is 5.97 Å². The van der Waals surface area contributed by atoms with Gasteiger partial charge in [-0.2, -0.15) is 5.26 Å². The zero-order valence-electron chi connectivity index (χ0n) is 13.1. The maximum Gasteiger partial charge on any atom is 0.312 e. The van der Waals surface area contributed by atoms with Crippen LogP contribution < -0.4 is 0 Å². The SMILES string of the molecule is N#Cc1ccc(COC(=O)C23CC4CC(CC(O)(C4)C2)C3)cc1. The summed E-state index contributed by atoms with van der Waals surface area (Å²) in [5, 5.41) is 19.5. The van der Waals surface area contributed by atoms with Gasteiger partial charge in [0.15, 0.2) is 0 Å². The Bertz CT molecular complexity index is 659. The van der Waals surface area contributed by atoms with Crippen molar-refractivity contribution in [3.63, 3.8) is 0 Å². The van der Waals surface area contributed by atoms with Gasteiger partial charge >= 0.3 is 5.97 Å². The molecule has 4 nitrogen and oxygen atoms in total. The molecular formula is C19H21NO3. The zero-order valence-corrected chi connectivity index (χ0v) is 13.1. The van der Waals surface area contributed by atoms with E-state index in [4.69, 9.17) is 10.00 Å². The molecule has 4 bridgehead atoms. The third-order valence-corrected chi connectivity index (χ3v) is 5.92. The number of aliphatic hydroxyl groups is 1. The van der Waals surface area contributed by atoms with Crippen LogP contribution in [0.15, 0.2) is 24.3 Å². The van der Waals surface area contributed by atoms with Gasteiger partial charge in [-0.3, -0.25) is 4.79 Å². The van der Waals surface area contributed by atoms with E-state index in [1.807, 2.05) is 12.1 Å². The normalized spacial score (nSPS) is 37.4. The highest BCUT2D eigenvalue weighted by Crippen LogP contribution is 2.62. The molecule has 23 heavy (non-hydrogen) atoms. The topological polar surface area (TPSA) is 70.3 Å². The van der Waals surface area contributed by atoms with Crippen LogP contribution in [-0.2, 0) is 16.1 Å². The molecule has 0 radical (unpaired) electrons. The van der Waals surface area contributed by atoms with Crippen molar-refractivity contribution in [1.82, 2.24) is 0 Å². The van der Waals surface area contributed by atoms with Crippen LogP contribution in [0.5, 0.6) is 0 Å². The van der Waals surface area contributed by atoms with E-state index in [1.165, 1.54) is 0 Å². The summed E-state index contributed by atoms with van der Waals surface area (Å²) in [5.41, 5.74) is 0.382. The molecule has 5 rings (SSSR count). The summed E-state index contributed by atoms with van der Waals surface area (Å²) in [6.45, 7) is 0.236. The van der Waals surface area contributed by atoms with Gasteiger partial charge in [-0.05, 0) is 68.1 Å². The molecule has 1 aromatic rings. The highest BCUT2D eigenvalue weighted by Gasteiger charge is 2.60. The molecule has 120 valence electrons. The minimum absolute atomic E-state index is 0.144. The molecule has 0 aromatic heterocycles. The lowest BCUT2D eigenvalue weighted by Crippen LogP contribution is -2.58. The van der Waals surface area contributed by atoms with E-state index in [0.717, 1.165) is 37.7 Å². The van der Waals surface area contributed by atoms with E-state index in [1.54, 1.807) is 12.1 Å². The third-order valence-electron chi connectivity index (χ3n) is 5.92. The van der Waals surface area contributed by atoms with Crippen molar-refractivity contribution in [1.29, 1.82) is 5.26 Å². The first-order valence-electron chi connectivity index (χ1n) is 8.39. The van der Waals surface area contributed by atoms with Crippen LogP contribution in [0.25, 0.3) is 0 Å². The molecule has 1 aromatic carbocycles. The van der Waals surface area contributed by atoms with E-state index in [0.29, 0.717) is 23.8 Å². The van der Waals surface area contributed by atoms with E-state index in [2.05, 4.69) is 6.07 Å². The average Bonchev–Trinajstić information content (AvgIpc) is 2.50. The number of nitriles is 1. The van der Waals surface area contributed by atoms with Gasteiger partial charge in [-0.15, -0.1) is 0 Å². The van der Waals surface area contributed by atoms with E-state index in [9.17, 15) is 9.90 Å². The van der Waals surface area contributed by atoms with E-state index < -0.39 is 11.0 Å². The number of hydrogen-bond donors (Lipinski definition) is 1. The van der Waals surface area contributed by atoms with E-state index >= 15 is 0 Å². The lowest BCUT2D eigenvalue weighted by Gasteiger charge is -2.58. The highest BCUT2D eigenvalue weighted by atomic mass is 16.5. The van der Waals surface area contributed by atoms with Crippen LogP contribution in [0.1, 0.15) is 49.7 Å². The fourth-order valence-electron chi connectivity index (χ4n) is 5.43. The molecule has 0 amide bonds. The van der Waals surface area contributed by atoms with Crippen molar-refractivity contribution in [3.8, 4) is 6.07 Å². The van der Waals surface area contributed by atoms with Crippen LogP contribution >= 0.6 is 0 Å². The molecule has 4 aliphatic carbocycles. The Labute approximate surface area is 136 Å². The molecule has 0 aliphatic heterocycles. The van der Waals surface area contributed by atoms with Gasteiger partial charge in [0.05, 0.1) is 22.6 Å². The summed E-state index contributed by atoms with van der Waals surface area (Å²) in [6.07, 6.45) is 5.19. The number of hydrogen-bond acceptors (Lipinski definition) is 4. The third kappa shape index (κ3) is 2.53. The summed E-state index contributed by atoms with van der Waals surface area (Å²) in [6, 6.07) is 9.18. The Kier molecular flexibility index (Phi) is 3.24. The number of nitrogens with zero attached hydrogens (tertiary/aromatic N) is 1. The summed E-state index contributed by atoms with van der Waals surface area (Å²) in [4.78, 5) is 12.7. The fourth-order valence-corrected chi connectivity index (χ4v) is 5.43. The lowest BCUT2D eigenvalue weighted by atomic mass is 9.48. The second kappa shape index (κ2) is 5.07. The summed E-state index contributed by atoms with van der Waals surface area (Å²) >= 11 is 0. The molecule has 1 N–H and O–H groups in total. The van der Waals surface area contributed by atoms with E-state index in [-0.39, 0.29) is 12.6 Å². The predicted molar refractivity (Wildman–Crippen MR) is 83.0 cm³/mol. The Balaban J connectivity index is 1.45. The number of ether oxygens (including phenoxy) is 1.